The van der Waals surface area contributed by atoms with Crippen LogP contribution in [0.15, 0.2) is 0 Å². The number of nitrogens with one attached hydrogen (secondary N) is 2. The number of amides is 1. The first-order chi connectivity index (χ1) is 8.09. The summed E-state index contributed by atoms with van der Waals surface area (Å²) in [6, 6.07) is 0.281. The number of hydrogen-bond donors (Lipinski definition) is 2. The van der Waals surface area contributed by atoms with Gasteiger partial charge >= 0.3 is 0 Å². The Kier molecular flexibility index (Phi) is 5.92. The maximum atomic E-state index is 11.7. The Morgan fingerprint density at radius 1 is 1.47 bits per heavy atom. The first kappa shape index (κ1) is 14.5. The molecule has 1 rings (SSSR count). The van der Waals surface area contributed by atoms with E-state index in [2.05, 4.69) is 31.4 Å². The number of rotatable bonds is 6. The Hall–Kier alpha value is -0.610. The van der Waals surface area contributed by atoms with Gasteiger partial charge in [0.2, 0.25) is 5.91 Å². The fraction of sp³-hybridized carbons (Fsp3) is 0.923. The lowest BCUT2D eigenvalue weighted by molar-refractivity contribution is -0.134. The van der Waals surface area contributed by atoms with Gasteiger partial charge in [0.05, 0.1) is 5.60 Å². The third-order valence-electron chi connectivity index (χ3n) is 3.46. The van der Waals surface area contributed by atoms with Crippen LogP contribution in [0.5, 0.6) is 0 Å². The highest BCUT2D eigenvalue weighted by molar-refractivity contribution is 5.77. The van der Waals surface area contributed by atoms with Crippen LogP contribution in [0.1, 0.15) is 46.5 Å². The van der Waals surface area contributed by atoms with Crippen molar-refractivity contribution >= 4 is 5.91 Å². The molecule has 0 spiro atoms. The molecule has 0 aliphatic carbocycles. The van der Waals surface area contributed by atoms with E-state index in [4.69, 9.17) is 4.74 Å². The maximum absolute atomic E-state index is 11.7. The van der Waals surface area contributed by atoms with Gasteiger partial charge in [-0.15, -0.1) is 0 Å². The quantitative estimate of drug-likeness (QED) is 0.741. The summed E-state index contributed by atoms with van der Waals surface area (Å²) in [4.78, 5) is 11.7. The lowest BCUT2D eigenvalue weighted by atomic mass is 9.96. The molecule has 1 aliphatic heterocycles. The maximum Gasteiger partial charge on any atom is 0.246 e. The van der Waals surface area contributed by atoms with E-state index >= 15 is 0 Å². The zero-order chi connectivity index (χ0) is 12.7. The minimum Gasteiger partial charge on any atom is -0.364 e. The molecule has 100 valence electrons. The lowest BCUT2D eigenvalue weighted by Gasteiger charge is -2.34. The number of hydrogen-bond acceptors (Lipinski definition) is 3. The van der Waals surface area contributed by atoms with E-state index in [0.29, 0.717) is 0 Å². The highest BCUT2D eigenvalue weighted by Gasteiger charge is 2.28. The summed E-state index contributed by atoms with van der Waals surface area (Å²) in [6.07, 6.45) is 4.09. The summed E-state index contributed by atoms with van der Waals surface area (Å²) in [5, 5.41) is 6.29. The van der Waals surface area contributed by atoms with Crippen molar-refractivity contribution < 1.29 is 9.53 Å². The summed E-state index contributed by atoms with van der Waals surface area (Å²) >= 11 is 0. The van der Waals surface area contributed by atoms with Crippen LogP contribution < -0.4 is 10.6 Å². The van der Waals surface area contributed by atoms with E-state index in [-0.39, 0.29) is 24.2 Å². The van der Waals surface area contributed by atoms with Crippen LogP contribution >= 0.6 is 0 Å². The van der Waals surface area contributed by atoms with Crippen LogP contribution in [0.4, 0.5) is 0 Å². The van der Waals surface area contributed by atoms with E-state index in [1.54, 1.807) is 0 Å². The molecule has 0 bridgehead atoms. The molecule has 0 aromatic carbocycles. The molecule has 1 fully saturated rings. The molecule has 0 aromatic heterocycles. The van der Waals surface area contributed by atoms with Gasteiger partial charge in [0, 0.05) is 12.6 Å². The molecule has 4 heteroatoms. The Morgan fingerprint density at radius 3 is 2.71 bits per heavy atom. The molecule has 1 unspecified atom stereocenters. The fourth-order valence-electron chi connectivity index (χ4n) is 2.15. The number of piperidine rings is 1. The number of ether oxygens (including phenoxy) is 1. The van der Waals surface area contributed by atoms with E-state index in [0.717, 1.165) is 38.8 Å². The predicted octanol–water partition coefficient (Wildman–Crippen LogP) is 1.45. The molecule has 0 radical (unpaired) electrons. The fourth-order valence-corrected chi connectivity index (χ4v) is 2.15. The number of carbonyl (C=O) groups is 1. The molecule has 0 aromatic rings. The van der Waals surface area contributed by atoms with Gasteiger partial charge in [-0.25, -0.2) is 0 Å². The predicted molar refractivity (Wildman–Crippen MR) is 69.0 cm³/mol. The molecule has 17 heavy (non-hydrogen) atoms. The summed E-state index contributed by atoms with van der Waals surface area (Å²) in [5.74, 6) is 0.00509. The smallest absolute Gasteiger partial charge is 0.246 e. The van der Waals surface area contributed by atoms with Crippen LogP contribution in [0.2, 0.25) is 0 Å². The van der Waals surface area contributed by atoms with Crippen molar-refractivity contribution in [2.45, 2.75) is 58.1 Å². The largest absolute Gasteiger partial charge is 0.364 e. The Balaban J connectivity index is 2.27. The second-order valence-corrected chi connectivity index (χ2v) is 5.10. The Bertz CT molecular complexity index is 234. The van der Waals surface area contributed by atoms with Crippen molar-refractivity contribution in [3.05, 3.63) is 0 Å². The standard InChI is InChI=1S/C13H26N2O2/c1-4-11(5-2)15-12(16)9-17-13(3)7-6-8-14-10-13/h11,14H,4-10H2,1-3H3,(H,15,16). The van der Waals surface area contributed by atoms with Gasteiger partial charge in [-0.05, 0) is 39.2 Å². The van der Waals surface area contributed by atoms with Gasteiger partial charge in [-0.3, -0.25) is 4.79 Å². The SMILES string of the molecule is CCC(CC)NC(=O)COC1(C)CCCNC1. The van der Waals surface area contributed by atoms with Crippen molar-refractivity contribution in [3.63, 3.8) is 0 Å². The van der Waals surface area contributed by atoms with Gasteiger partial charge in [0.1, 0.15) is 6.61 Å². The molecule has 2 N–H and O–H groups in total. The summed E-state index contributed by atoms with van der Waals surface area (Å²) in [5.41, 5.74) is -0.177. The Labute approximate surface area is 104 Å². The molecular formula is C13H26N2O2. The lowest BCUT2D eigenvalue weighted by Crippen LogP contribution is -2.47. The molecule has 1 amide bonds. The molecule has 4 nitrogen and oxygen atoms in total. The van der Waals surface area contributed by atoms with Crippen molar-refractivity contribution in [3.8, 4) is 0 Å². The van der Waals surface area contributed by atoms with Crippen LogP contribution in [-0.4, -0.2) is 37.2 Å². The highest BCUT2D eigenvalue weighted by atomic mass is 16.5. The van der Waals surface area contributed by atoms with Gasteiger partial charge in [-0.2, -0.15) is 0 Å². The zero-order valence-electron chi connectivity index (χ0n) is 11.3. The van der Waals surface area contributed by atoms with E-state index in [1.165, 1.54) is 0 Å². The van der Waals surface area contributed by atoms with Crippen LogP contribution in [0, 0.1) is 0 Å². The first-order valence-electron chi connectivity index (χ1n) is 6.73. The molecule has 1 atom stereocenters. The first-order valence-corrected chi connectivity index (χ1v) is 6.73. The van der Waals surface area contributed by atoms with Crippen LogP contribution in [0.3, 0.4) is 0 Å². The highest BCUT2D eigenvalue weighted by Crippen LogP contribution is 2.19. The van der Waals surface area contributed by atoms with E-state index < -0.39 is 0 Å². The third kappa shape index (κ3) is 5.04. The topological polar surface area (TPSA) is 50.4 Å². The van der Waals surface area contributed by atoms with Gasteiger partial charge < -0.3 is 15.4 Å². The zero-order valence-corrected chi connectivity index (χ0v) is 11.3. The van der Waals surface area contributed by atoms with E-state index in [1.807, 2.05) is 0 Å². The van der Waals surface area contributed by atoms with E-state index in [9.17, 15) is 4.79 Å². The molecule has 1 aliphatic rings. The molecular weight excluding hydrogens is 216 g/mol. The monoisotopic (exact) mass is 242 g/mol. The normalized spacial score (nSPS) is 24.9. The molecule has 1 heterocycles. The van der Waals surface area contributed by atoms with Gasteiger partial charge in [0.15, 0.2) is 0 Å². The Morgan fingerprint density at radius 2 is 2.18 bits per heavy atom. The van der Waals surface area contributed by atoms with Crippen molar-refractivity contribution in [2.24, 2.45) is 0 Å². The number of carbonyl (C=O) groups excluding carboxylic acids is 1. The second-order valence-electron chi connectivity index (χ2n) is 5.10. The average molecular weight is 242 g/mol. The summed E-state index contributed by atoms with van der Waals surface area (Å²) in [6.45, 7) is 8.31. The van der Waals surface area contributed by atoms with Crippen molar-refractivity contribution in [2.75, 3.05) is 19.7 Å². The van der Waals surface area contributed by atoms with Crippen LogP contribution in [0.25, 0.3) is 0 Å². The molecule has 0 saturated carbocycles. The van der Waals surface area contributed by atoms with Gasteiger partial charge in [0.25, 0.3) is 0 Å². The summed E-state index contributed by atoms with van der Waals surface area (Å²) in [7, 11) is 0. The average Bonchev–Trinajstić information content (AvgIpc) is 2.34. The molecule has 1 saturated heterocycles. The summed E-state index contributed by atoms with van der Waals surface area (Å²) < 4.78 is 5.75. The van der Waals surface area contributed by atoms with Crippen LogP contribution in [-0.2, 0) is 9.53 Å². The third-order valence-corrected chi connectivity index (χ3v) is 3.46. The minimum absolute atomic E-state index is 0.00509. The minimum atomic E-state index is -0.177. The van der Waals surface area contributed by atoms with Gasteiger partial charge in [-0.1, -0.05) is 13.8 Å². The second kappa shape index (κ2) is 6.97. The van der Waals surface area contributed by atoms with Crippen molar-refractivity contribution in [1.29, 1.82) is 0 Å². The van der Waals surface area contributed by atoms with Crippen molar-refractivity contribution in [1.82, 2.24) is 10.6 Å².